The molecule has 6 nitrogen and oxygen atoms in total. The van der Waals surface area contributed by atoms with E-state index >= 15 is 0 Å². The molecule has 0 bridgehead atoms. The molecule has 152 valence electrons. The first-order valence-corrected chi connectivity index (χ1v) is 10.8. The van der Waals surface area contributed by atoms with Crippen molar-refractivity contribution in [3.63, 3.8) is 0 Å². The quantitative estimate of drug-likeness (QED) is 0.698. The number of carbonyl (C=O) groups excluding carboxylic acids is 3. The van der Waals surface area contributed by atoms with Crippen LogP contribution in [0, 0.1) is 5.92 Å². The molecule has 1 aliphatic carbocycles. The summed E-state index contributed by atoms with van der Waals surface area (Å²) in [7, 11) is 1.34. The number of benzene rings is 1. The Balaban J connectivity index is 1.80. The van der Waals surface area contributed by atoms with Crippen LogP contribution in [0.2, 0.25) is 0 Å². The topological polar surface area (TPSA) is 75.7 Å². The molecular formula is C21H27BrN2O4. The van der Waals surface area contributed by atoms with Crippen molar-refractivity contribution in [3.8, 4) is 0 Å². The van der Waals surface area contributed by atoms with Crippen molar-refractivity contribution < 1.29 is 19.1 Å². The SMILES string of the molecule is COC(=O)C1CCCN1C(=O)C(NC(=O)c1ccc(Br)cc1)C1CCCCC1. The summed E-state index contributed by atoms with van der Waals surface area (Å²) in [6.07, 6.45) is 6.47. The van der Waals surface area contributed by atoms with E-state index < -0.39 is 12.1 Å². The van der Waals surface area contributed by atoms with Crippen LogP contribution in [0.5, 0.6) is 0 Å². The number of methoxy groups -OCH3 is 1. The van der Waals surface area contributed by atoms with Crippen LogP contribution in [-0.4, -0.2) is 48.4 Å². The zero-order chi connectivity index (χ0) is 20.1. The number of halogens is 1. The summed E-state index contributed by atoms with van der Waals surface area (Å²) in [5.41, 5.74) is 0.516. The lowest BCUT2D eigenvalue weighted by Gasteiger charge is -2.34. The van der Waals surface area contributed by atoms with Crippen molar-refractivity contribution in [2.45, 2.75) is 57.0 Å². The molecule has 2 aliphatic rings. The molecule has 1 heterocycles. The van der Waals surface area contributed by atoms with Gasteiger partial charge < -0.3 is 15.0 Å². The molecule has 1 saturated carbocycles. The molecule has 2 atom stereocenters. The van der Waals surface area contributed by atoms with E-state index in [0.717, 1.165) is 43.0 Å². The Labute approximate surface area is 174 Å². The van der Waals surface area contributed by atoms with Gasteiger partial charge in [0.1, 0.15) is 12.1 Å². The second-order valence-corrected chi connectivity index (χ2v) is 8.48. The first-order chi connectivity index (χ1) is 13.5. The number of amides is 2. The summed E-state index contributed by atoms with van der Waals surface area (Å²) in [5, 5.41) is 2.98. The minimum atomic E-state index is -0.610. The Morgan fingerprint density at radius 2 is 1.75 bits per heavy atom. The van der Waals surface area contributed by atoms with E-state index in [1.54, 1.807) is 29.2 Å². The van der Waals surface area contributed by atoms with Gasteiger partial charge in [-0.05, 0) is 55.9 Å². The summed E-state index contributed by atoms with van der Waals surface area (Å²) >= 11 is 3.37. The molecule has 2 amide bonds. The van der Waals surface area contributed by atoms with Crippen molar-refractivity contribution in [3.05, 3.63) is 34.3 Å². The average molecular weight is 451 g/mol. The first kappa shape index (κ1) is 20.8. The van der Waals surface area contributed by atoms with Gasteiger partial charge in [-0.2, -0.15) is 0 Å². The molecule has 0 spiro atoms. The summed E-state index contributed by atoms with van der Waals surface area (Å²) in [4.78, 5) is 39.9. The number of ether oxygens (including phenoxy) is 1. The highest BCUT2D eigenvalue weighted by atomic mass is 79.9. The predicted octanol–water partition coefficient (Wildman–Crippen LogP) is 3.29. The third-order valence-electron chi connectivity index (χ3n) is 5.79. The predicted molar refractivity (Wildman–Crippen MR) is 109 cm³/mol. The van der Waals surface area contributed by atoms with E-state index in [1.165, 1.54) is 7.11 Å². The molecule has 0 radical (unpaired) electrons. The fourth-order valence-corrected chi connectivity index (χ4v) is 4.53. The number of nitrogens with one attached hydrogen (secondary N) is 1. The van der Waals surface area contributed by atoms with Crippen molar-refractivity contribution >= 4 is 33.7 Å². The number of rotatable bonds is 5. The van der Waals surface area contributed by atoms with Crippen LogP contribution in [0.4, 0.5) is 0 Å². The van der Waals surface area contributed by atoms with Crippen molar-refractivity contribution in [2.75, 3.05) is 13.7 Å². The lowest BCUT2D eigenvalue weighted by atomic mass is 9.83. The summed E-state index contributed by atoms with van der Waals surface area (Å²) in [6.45, 7) is 0.524. The van der Waals surface area contributed by atoms with Crippen LogP contribution in [-0.2, 0) is 14.3 Å². The molecule has 1 aromatic rings. The first-order valence-electron chi connectivity index (χ1n) is 9.96. The van der Waals surface area contributed by atoms with Gasteiger partial charge in [-0.1, -0.05) is 35.2 Å². The number of hydrogen-bond acceptors (Lipinski definition) is 4. The normalized spacial score (nSPS) is 21.2. The van der Waals surface area contributed by atoms with E-state index in [4.69, 9.17) is 4.74 Å². The monoisotopic (exact) mass is 450 g/mol. The largest absolute Gasteiger partial charge is 0.467 e. The van der Waals surface area contributed by atoms with E-state index in [-0.39, 0.29) is 23.7 Å². The van der Waals surface area contributed by atoms with E-state index in [0.29, 0.717) is 18.5 Å². The van der Waals surface area contributed by atoms with E-state index in [1.807, 2.05) is 0 Å². The van der Waals surface area contributed by atoms with Crippen LogP contribution in [0.15, 0.2) is 28.7 Å². The van der Waals surface area contributed by atoms with Crippen LogP contribution >= 0.6 is 15.9 Å². The highest BCUT2D eigenvalue weighted by Crippen LogP contribution is 2.29. The summed E-state index contributed by atoms with van der Waals surface area (Å²) < 4.78 is 5.77. The number of hydrogen-bond donors (Lipinski definition) is 1. The molecule has 1 saturated heterocycles. The van der Waals surface area contributed by atoms with Gasteiger partial charge in [0.2, 0.25) is 5.91 Å². The molecule has 7 heteroatoms. The minimum Gasteiger partial charge on any atom is -0.467 e. The van der Waals surface area contributed by atoms with Gasteiger partial charge in [-0.15, -0.1) is 0 Å². The van der Waals surface area contributed by atoms with Gasteiger partial charge in [-0.25, -0.2) is 4.79 Å². The van der Waals surface area contributed by atoms with Gasteiger partial charge in [0.05, 0.1) is 7.11 Å². The standard InChI is InChI=1S/C21H27BrN2O4/c1-28-21(27)17-8-5-13-24(17)20(26)18(14-6-3-2-4-7-14)23-19(25)15-9-11-16(22)12-10-15/h9-12,14,17-18H,2-8,13H2,1H3,(H,23,25). The molecule has 28 heavy (non-hydrogen) atoms. The van der Waals surface area contributed by atoms with Crippen molar-refractivity contribution in [2.24, 2.45) is 5.92 Å². The van der Waals surface area contributed by atoms with Gasteiger partial charge in [0.25, 0.3) is 5.91 Å². The Bertz CT molecular complexity index is 716. The molecule has 2 unspecified atom stereocenters. The number of carbonyl (C=O) groups is 3. The Morgan fingerprint density at radius 1 is 1.07 bits per heavy atom. The minimum absolute atomic E-state index is 0.0968. The van der Waals surface area contributed by atoms with Crippen LogP contribution in [0.1, 0.15) is 55.3 Å². The fraction of sp³-hybridized carbons (Fsp3) is 0.571. The van der Waals surface area contributed by atoms with Crippen molar-refractivity contribution in [1.29, 1.82) is 0 Å². The van der Waals surface area contributed by atoms with Gasteiger partial charge >= 0.3 is 5.97 Å². The lowest BCUT2D eigenvalue weighted by Crippen LogP contribution is -2.55. The Kier molecular flexibility index (Phi) is 7.10. The van der Waals surface area contributed by atoms with Gasteiger partial charge in [-0.3, -0.25) is 9.59 Å². The molecule has 3 rings (SSSR count). The number of likely N-dealkylation sites (tertiary alicyclic amines) is 1. The Morgan fingerprint density at radius 3 is 2.39 bits per heavy atom. The summed E-state index contributed by atoms with van der Waals surface area (Å²) in [6, 6.07) is 5.92. The third kappa shape index (κ3) is 4.74. The third-order valence-corrected chi connectivity index (χ3v) is 6.32. The molecular weight excluding hydrogens is 424 g/mol. The zero-order valence-corrected chi connectivity index (χ0v) is 17.7. The zero-order valence-electron chi connectivity index (χ0n) is 16.2. The molecule has 1 aliphatic heterocycles. The van der Waals surface area contributed by atoms with Crippen LogP contribution in [0.3, 0.4) is 0 Å². The maximum absolute atomic E-state index is 13.4. The molecule has 1 N–H and O–H groups in total. The molecule has 1 aromatic carbocycles. The highest BCUT2D eigenvalue weighted by molar-refractivity contribution is 9.10. The lowest BCUT2D eigenvalue weighted by molar-refractivity contribution is -0.152. The van der Waals surface area contributed by atoms with Gasteiger partial charge in [0, 0.05) is 16.6 Å². The second-order valence-electron chi connectivity index (χ2n) is 7.57. The number of nitrogens with zero attached hydrogens (tertiary/aromatic N) is 1. The maximum atomic E-state index is 13.4. The van der Waals surface area contributed by atoms with Gasteiger partial charge in [0.15, 0.2) is 0 Å². The smallest absolute Gasteiger partial charge is 0.328 e. The van der Waals surface area contributed by atoms with Crippen LogP contribution in [0.25, 0.3) is 0 Å². The average Bonchev–Trinajstić information content (AvgIpc) is 3.22. The van der Waals surface area contributed by atoms with Crippen LogP contribution < -0.4 is 5.32 Å². The fourth-order valence-electron chi connectivity index (χ4n) is 4.26. The molecule has 0 aromatic heterocycles. The molecule has 2 fully saturated rings. The maximum Gasteiger partial charge on any atom is 0.328 e. The van der Waals surface area contributed by atoms with E-state index in [2.05, 4.69) is 21.2 Å². The summed E-state index contributed by atoms with van der Waals surface area (Å²) in [5.74, 6) is -0.706. The highest BCUT2D eigenvalue weighted by Gasteiger charge is 2.41. The number of esters is 1. The van der Waals surface area contributed by atoms with E-state index in [9.17, 15) is 14.4 Å². The van der Waals surface area contributed by atoms with Crippen molar-refractivity contribution in [1.82, 2.24) is 10.2 Å². The second kappa shape index (κ2) is 9.54. The Hall–Kier alpha value is -1.89.